The molecule has 21 heavy (non-hydrogen) atoms. The number of carbonyl (C=O) groups is 1. The molecular formula is C16H24N4O. The number of nitrogens with zero attached hydrogens (tertiary/aromatic N) is 4. The number of anilines is 1. The van der Waals surface area contributed by atoms with E-state index in [0.717, 1.165) is 50.3 Å². The lowest BCUT2D eigenvalue weighted by atomic mass is 9.84. The normalized spacial score (nSPS) is 20.2. The average molecular weight is 288 g/mol. The Morgan fingerprint density at radius 1 is 1.24 bits per heavy atom. The second-order valence-electron chi connectivity index (χ2n) is 6.31. The van der Waals surface area contributed by atoms with Crippen LogP contribution >= 0.6 is 0 Å². The van der Waals surface area contributed by atoms with Gasteiger partial charge in [0.05, 0.1) is 11.9 Å². The van der Waals surface area contributed by atoms with Crippen LogP contribution in [0.3, 0.4) is 0 Å². The number of amides is 1. The van der Waals surface area contributed by atoms with Gasteiger partial charge in [0.2, 0.25) is 5.91 Å². The van der Waals surface area contributed by atoms with Crippen molar-refractivity contribution in [2.45, 2.75) is 45.1 Å². The van der Waals surface area contributed by atoms with E-state index >= 15 is 0 Å². The Bertz CT molecular complexity index is 507. The van der Waals surface area contributed by atoms with Crippen LogP contribution in [0.4, 0.5) is 5.82 Å². The van der Waals surface area contributed by atoms with E-state index in [0.29, 0.717) is 17.9 Å². The molecule has 1 aromatic rings. The second kappa shape index (κ2) is 6.00. The summed E-state index contributed by atoms with van der Waals surface area (Å²) in [6, 6.07) is 0.382. The molecule has 1 aliphatic heterocycles. The number of rotatable bonds is 3. The molecule has 2 fully saturated rings. The van der Waals surface area contributed by atoms with Gasteiger partial charge in [-0.05, 0) is 32.6 Å². The van der Waals surface area contributed by atoms with Crippen molar-refractivity contribution in [2.75, 3.05) is 25.0 Å². The monoisotopic (exact) mass is 288 g/mol. The molecule has 0 N–H and O–H groups in total. The highest BCUT2D eigenvalue weighted by Gasteiger charge is 2.32. The van der Waals surface area contributed by atoms with Gasteiger partial charge in [-0.3, -0.25) is 9.78 Å². The standard InChI is InChI=1S/C16H24N4O/c1-12-10-17-11-15(18-12)20-8-6-14(7-9-20)19(2)16(21)13-4-3-5-13/h10-11,13-14H,3-9H2,1-2H3. The Morgan fingerprint density at radius 3 is 2.52 bits per heavy atom. The van der Waals surface area contributed by atoms with E-state index in [9.17, 15) is 4.79 Å². The van der Waals surface area contributed by atoms with E-state index < -0.39 is 0 Å². The minimum Gasteiger partial charge on any atom is -0.355 e. The molecule has 0 radical (unpaired) electrons. The van der Waals surface area contributed by atoms with E-state index in [4.69, 9.17) is 0 Å². The summed E-state index contributed by atoms with van der Waals surface area (Å²) in [5, 5.41) is 0. The molecule has 3 rings (SSSR count). The van der Waals surface area contributed by atoms with E-state index in [2.05, 4.69) is 14.9 Å². The Kier molecular flexibility index (Phi) is 4.08. The van der Waals surface area contributed by atoms with Gasteiger partial charge in [0.1, 0.15) is 5.82 Å². The van der Waals surface area contributed by atoms with Gasteiger partial charge in [0, 0.05) is 38.3 Å². The van der Waals surface area contributed by atoms with Crippen LogP contribution in [-0.4, -0.2) is 47.0 Å². The molecule has 2 aliphatic rings. The summed E-state index contributed by atoms with van der Waals surface area (Å²) in [6.45, 7) is 3.87. The third-order valence-corrected chi connectivity index (χ3v) is 4.88. The molecule has 5 heteroatoms. The molecule has 2 heterocycles. The second-order valence-corrected chi connectivity index (χ2v) is 6.31. The largest absolute Gasteiger partial charge is 0.355 e. The van der Waals surface area contributed by atoms with Gasteiger partial charge in [-0.25, -0.2) is 4.98 Å². The Hall–Kier alpha value is -1.65. The van der Waals surface area contributed by atoms with Crippen molar-refractivity contribution < 1.29 is 4.79 Å². The third kappa shape index (κ3) is 3.01. The first-order valence-electron chi connectivity index (χ1n) is 7.95. The molecule has 1 saturated heterocycles. The molecule has 0 bridgehead atoms. The van der Waals surface area contributed by atoms with Crippen LogP contribution in [0, 0.1) is 12.8 Å². The summed E-state index contributed by atoms with van der Waals surface area (Å²) in [4.78, 5) is 25.3. The minimum absolute atomic E-state index is 0.302. The van der Waals surface area contributed by atoms with E-state index in [1.54, 1.807) is 6.20 Å². The zero-order valence-electron chi connectivity index (χ0n) is 13.0. The summed E-state index contributed by atoms with van der Waals surface area (Å²) in [5.41, 5.74) is 0.951. The van der Waals surface area contributed by atoms with E-state index in [1.165, 1.54) is 6.42 Å². The van der Waals surface area contributed by atoms with Crippen LogP contribution in [0.2, 0.25) is 0 Å². The molecule has 1 saturated carbocycles. The van der Waals surface area contributed by atoms with Gasteiger partial charge in [0.25, 0.3) is 0 Å². The fourth-order valence-electron chi connectivity index (χ4n) is 3.21. The Labute approximate surface area is 126 Å². The van der Waals surface area contributed by atoms with Gasteiger partial charge in [-0.1, -0.05) is 6.42 Å². The lowest BCUT2D eigenvalue weighted by molar-refractivity contribution is -0.139. The van der Waals surface area contributed by atoms with E-state index in [1.807, 2.05) is 25.1 Å². The first-order valence-corrected chi connectivity index (χ1v) is 7.95. The van der Waals surface area contributed by atoms with Crippen LogP contribution in [0.25, 0.3) is 0 Å². The molecule has 1 amide bonds. The molecule has 5 nitrogen and oxygen atoms in total. The topological polar surface area (TPSA) is 49.3 Å². The van der Waals surface area contributed by atoms with Gasteiger partial charge >= 0.3 is 0 Å². The zero-order valence-corrected chi connectivity index (χ0v) is 13.0. The number of aromatic nitrogens is 2. The summed E-state index contributed by atoms with van der Waals surface area (Å²) in [5.74, 6) is 1.62. The van der Waals surface area contributed by atoms with Crippen molar-refractivity contribution >= 4 is 11.7 Å². The number of hydrogen-bond acceptors (Lipinski definition) is 4. The average Bonchev–Trinajstić information content (AvgIpc) is 2.45. The first kappa shape index (κ1) is 14.3. The maximum atomic E-state index is 12.3. The van der Waals surface area contributed by atoms with Crippen molar-refractivity contribution in [1.29, 1.82) is 0 Å². The van der Waals surface area contributed by atoms with Crippen molar-refractivity contribution in [3.63, 3.8) is 0 Å². The van der Waals surface area contributed by atoms with Crippen LogP contribution in [0.1, 0.15) is 37.8 Å². The quantitative estimate of drug-likeness (QED) is 0.854. The molecule has 0 aromatic carbocycles. The fraction of sp³-hybridized carbons (Fsp3) is 0.688. The molecule has 0 unspecified atom stereocenters. The van der Waals surface area contributed by atoms with Crippen molar-refractivity contribution in [1.82, 2.24) is 14.9 Å². The van der Waals surface area contributed by atoms with Crippen LogP contribution in [-0.2, 0) is 4.79 Å². The minimum atomic E-state index is 0.302. The van der Waals surface area contributed by atoms with Crippen molar-refractivity contribution in [2.24, 2.45) is 5.92 Å². The van der Waals surface area contributed by atoms with Gasteiger partial charge in [-0.15, -0.1) is 0 Å². The predicted molar refractivity (Wildman–Crippen MR) is 82.1 cm³/mol. The van der Waals surface area contributed by atoms with Crippen LogP contribution < -0.4 is 4.90 Å². The zero-order chi connectivity index (χ0) is 14.8. The number of aryl methyl sites for hydroxylation is 1. The lowest BCUT2D eigenvalue weighted by Crippen LogP contribution is -2.48. The summed E-state index contributed by atoms with van der Waals surface area (Å²) in [7, 11) is 1.98. The molecule has 1 aliphatic carbocycles. The third-order valence-electron chi connectivity index (χ3n) is 4.88. The smallest absolute Gasteiger partial charge is 0.225 e. The molecule has 0 spiro atoms. The molecule has 114 valence electrons. The summed E-state index contributed by atoms with van der Waals surface area (Å²) in [6.07, 6.45) is 9.03. The Balaban J connectivity index is 1.56. The highest BCUT2D eigenvalue weighted by Crippen LogP contribution is 2.30. The lowest BCUT2D eigenvalue weighted by Gasteiger charge is -2.39. The van der Waals surface area contributed by atoms with Crippen molar-refractivity contribution in [3.05, 3.63) is 18.1 Å². The number of piperidine rings is 1. The predicted octanol–water partition coefficient (Wildman–Crippen LogP) is 2.01. The van der Waals surface area contributed by atoms with Crippen LogP contribution in [0.15, 0.2) is 12.4 Å². The first-order chi connectivity index (χ1) is 10.1. The molecule has 0 atom stereocenters. The maximum Gasteiger partial charge on any atom is 0.225 e. The number of hydrogen-bond donors (Lipinski definition) is 0. The highest BCUT2D eigenvalue weighted by molar-refractivity contribution is 5.79. The van der Waals surface area contributed by atoms with E-state index in [-0.39, 0.29) is 0 Å². The number of carbonyl (C=O) groups excluding carboxylic acids is 1. The molecule has 1 aromatic heterocycles. The molecular weight excluding hydrogens is 264 g/mol. The van der Waals surface area contributed by atoms with Gasteiger partial charge in [-0.2, -0.15) is 0 Å². The Morgan fingerprint density at radius 2 is 1.95 bits per heavy atom. The van der Waals surface area contributed by atoms with Crippen LogP contribution in [0.5, 0.6) is 0 Å². The van der Waals surface area contributed by atoms with Gasteiger partial charge < -0.3 is 9.80 Å². The fourth-order valence-corrected chi connectivity index (χ4v) is 3.21. The summed E-state index contributed by atoms with van der Waals surface area (Å²) >= 11 is 0. The SMILES string of the molecule is Cc1cncc(N2CCC(N(C)C(=O)C3CCC3)CC2)n1. The summed E-state index contributed by atoms with van der Waals surface area (Å²) < 4.78 is 0. The van der Waals surface area contributed by atoms with Crippen molar-refractivity contribution in [3.8, 4) is 0 Å². The highest BCUT2D eigenvalue weighted by atomic mass is 16.2. The van der Waals surface area contributed by atoms with Gasteiger partial charge in [0.15, 0.2) is 0 Å². The maximum absolute atomic E-state index is 12.3.